The monoisotopic (exact) mass is 311 g/mol. The molecule has 0 bridgehead atoms. The fourth-order valence-electron chi connectivity index (χ4n) is 1.72. The maximum atomic E-state index is 5.58. The Kier molecular flexibility index (Phi) is 2.12. The first-order valence-electron chi connectivity index (χ1n) is 4.73. The number of hydrogen-bond acceptors (Lipinski definition) is 2. The van der Waals surface area contributed by atoms with Crippen molar-refractivity contribution in [2.24, 2.45) is 0 Å². The summed E-state index contributed by atoms with van der Waals surface area (Å²) >= 11 is -0.108. The van der Waals surface area contributed by atoms with E-state index in [2.05, 4.69) is 46.6 Å². The Morgan fingerprint density at radius 1 is 1.13 bits per heavy atom. The standard InChI is InChI=1S/C12H10INO/c1-14-11-6-9-4-2-3-5-10(9)7-12(11)15-8-13-14/h2-8H,1H3. The lowest BCUT2D eigenvalue weighted by Crippen LogP contribution is -2.09. The fraction of sp³-hybridized carbons (Fsp3) is 0.0833. The number of ether oxygens (including phenoxy) is 1. The quantitative estimate of drug-likeness (QED) is 0.547. The number of nitrogens with zero attached hydrogens (tertiary/aromatic N) is 1. The SMILES string of the molecule is CN1I=COc2cc3ccccc3cc21. The highest BCUT2D eigenvalue weighted by Gasteiger charge is 2.12. The van der Waals surface area contributed by atoms with E-state index in [0.29, 0.717) is 0 Å². The molecule has 0 N–H and O–H groups in total. The number of anilines is 1. The van der Waals surface area contributed by atoms with Crippen molar-refractivity contribution < 1.29 is 4.74 Å². The van der Waals surface area contributed by atoms with Crippen molar-refractivity contribution in [1.82, 2.24) is 0 Å². The van der Waals surface area contributed by atoms with Crippen molar-refractivity contribution in [3.63, 3.8) is 0 Å². The van der Waals surface area contributed by atoms with Gasteiger partial charge in [-0.25, -0.2) is 0 Å². The van der Waals surface area contributed by atoms with E-state index >= 15 is 0 Å². The molecule has 0 aromatic heterocycles. The van der Waals surface area contributed by atoms with Crippen LogP contribution in [0.1, 0.15) is 0 Å². The second kappa shape index (κ2) is 3.48. The van der Waals surface area contributed by atoms with Gasteiger partial charge in [-0.15, -0.1) is 0 Å². The van der Waals surface area contributed by atoms with Crippen LogP contribution in [0.3, 0.4) is 0 Å². The number of rotatable bonds is 0. The van der Waals surface area contributed by atoms with Crippen LogP contribution in [0.4, 0.5) is 5.69 Å². The van der Waals surface area contributed by atoms with Crippen molar-refractivity contribution in [2.75, 3.05) is 10.2 Å². The van der Waals surface area contributed by atoms with Crippen LogP contribution < -0.4 is 7.85 Å². The van der Waals surface area contributed by atoms with Gasteiger partial charge in [0.15, 0.2) is 5.75 Å². The van der Waals surface area contributed by atoms with Crippen molar-refractivity contribution in [2.45, 2.75) is 0 Å². The molecule has 2 aromatic carbocycles. The van der Waals surface area contributed by atoms with Crippen LogP contribution in [-0.4, -0.2) is 11.2 Å². The van der Waals surface area contributed by atoms with E-state index in [-0.39, 0.29) is 21.0 Å². The molecule has 76 valence electrons. The van der Waals surface area contributed by atoms with Gasteiger partial charge in [0.25, 0.3) is 0 Å². The minimum atomic E-state index is -0.108. The molecule has 0 unspecified atom stereocenters. The fourth-order valence-corrected chi connectivity index (χ4v) is 3.13. The summed E-state index contributed by atoms with van der Waals surface area (Å²) < 4.78 is 9.82. The summed E-state index contributed by atoms with van der Waals surface area (Å²) in [7, 11) is 2.12. The Morgan fingerprint density at radius 2 is 1.87 bits per heavy atom. The van der Waals surface area contributed by atoms with E-state index < -0.39 is 0 Å². The van der Waals surface area contributed by atoms with E-state index in [4.69, 9.17) is 4.74 Å². The topological polar surface area (TPSA) is 12.5 Å². The summed E-state index contributed by atoms with van der Waals surface area (Å²) in [6.45, 7) is 0. The van der Waals surface area contributed by atoms with E-state index in [1.165, 1.54) is 16.5 Å². The van der Waals surface area contributed by atoms with E-state index in [1.54, 1.807) is 0 Å². The van der Waals surface area contributed by atoms with Crippen LogP contribution in [0.5, 0.6) is 5.75 Å². The lowest BCUT2D eigenvalue weighted by Gasteiger charge is -2.21. The summed E-state index contributed by atoms with van der Waals surface area (Å²) in [6, 6.07) is 12.7. The zero-order valence-electron chi connectivity index (χ0n) is 8.27. The molecule has 15 heavy (non-hydrogen) atoms. The summed E-state index contributed by atoms with van der Waals surface area (Å²) in [5.41, 5.74) is 1.21. The molecule has 0 amide bonds. The normalized spacial score (nSPS) is 14.3. The number of hydrogen-bond donors (Lipinski definition) is 0. The lowest BCUT2D eigenvalue weighted by atomic mass is 10.1. The molecule has 1 aliphatic rings. The average molecular weight is 311 g/mol. The van der Waals surface area contributed by atoms with Gasteiger partial charge in [0.2, 0.25) is 0 Å². The number of fused-ring (bicyclic) bond motifs is 2. The Labute approximate surface area is 98.6 Å². The molecule has 0 saturated carbocycles. The van der Waals surface area contributed by atoms with Crippen LogP contribution in [0.25, 0.3) is 10.8 Å². The van der Waals surface area contributed by atoms with Crippen LogP contribution in [0.15, 0.2) is 36.4 Å². The highest BCUT2D eigenvalue weighted by atomic mass is 127. The third kappa shape index (κ3) is 1.51. The number of benzene rings is 2. The minimum Gasteiger partial charge on any atom is -0.455 e. The second-order valence-corrected chi connectivity index (χ2v) is 5.96. The first-order valence-corrected chi connectivity index (χ1v) is 6.94. The maximum absolute atomic E-state index is 5.58. The summed E-state index contributed by atoms with van der Waals surface area (Å²) in [4.78, 5) is 0. The smallest absolute Gasteiger partial charge is 0.151 e. The molecular formula is C12H10INO. The van der Waals surface area contributed by atoms with Gasteiger partial charge in [-0.05, 0) is 22.9 Å². The van der Waals surface area contributed by atoms with Crippen molar-refractivity contribution in [3.8, 4) is 5.75 Å². The molecule has 1 aliphatic heterocycles. The molecule has 0 fully saturated rings. The van der Waals surface area contributed by atoms with Crippen LogP contribution >= 0.6 is 21.0 Å². The molecule has 0 aliphatic carbocycles. The van der Waals surface area contributed by atoms with E-state index in [1.807, 2.05) is 4.20 Å². The van der Waals surface area contributed by atoms with Crippen molar-refractivity contribution >= 4 is 41.7 Å². The third-order valence-electron chi connectivity index (χ3n) is 2.52. The van der Waals surface area contributed by atoms with Gasteiger partial charge in [0.1, 0.15) is 4.20 Å². The molecule has 3 rings (SSSR count). The van der Waals surface area contributed by atoms with Crippen LogP contribution in [-0.2, 0) is 0 Å². The van der Waals surface area contributed by atoms with Crippen LogP contribution in [0.2, 0.25) is 0 Å². The maximum Gasteiger partial charge on any atom is 0.151 e. The van der Waals surface area contributed by atoms with E-state index in [9.17, 15) is 0 Å². The lowest BCUT2D eigenvalue weighted by molar-refractivity contribution is 0.589. The third-order valence-corrected chi connectivity index (χ3v) is 4.35. The first-order chi connectivity index (χ1) is 7.34. The van der Waals surface area contributed by atoms with Gasteiger partial charge >= 0.3 is 0 Å². The Bertz CT molecular complexity index is 550. The molecule has 2 aromatic rings. The molecule has 0 saturated heterocycles. The summed E-state index contributed by atoms with van der Waals surface area (Å²) in [5.74, 6) is 0.974. The molecule has 3 heteroatoms. The molecule has 0 radical (unpaired) electrons. The minimum absolute atomic E-state index is 0.108. The molecule has 0 atom stereocenters. The van der Waals surface area contributed by atoms with Gasteiger partial charge in [0, 0.05) is 28.1 Å². The summed E-state index contributed by atoms with van der Waals surface area (Å²) in [5, 5.41) is 2.51. The van der Waals surface area contributed by atoms with E-state index in [0.717, 1.165) is 5.75 Å². The van der Waals surface area contributed by atoms with Gasteiger partial charge in [-0.1, -0.05) is 24.3 Å². The zero-order valence-corrected chi connectivity index (χ0v) is 10.4. The average Bonchev–Trinajstić information content (AvgIpc) is 2.27. The van der Waals surface area contributed by atoms with Gasteiger partial charge in [0.05, 0.1) is 5.69 Å². The molecule has 1 heterocycles. The second-order valence-electron chi connectivity index (χ2n) is 3.45. The molecular weight excluding hydrogens is 301 g/mol. The first kappa shape index (κ1) is 9.15. The van der Waals surface area contributed by atoms with Crippen LogP contribution in [0, 0.1) is 0 Å². The highest BCUT2D eigenvalue weighted by molar-refractivity contribution is 14.2. The van der Waals surface area contributed by atoms with Gasteiger partial charge < -0.3 is 7.85 Å². The predicted molar refractivity (Wildman–Crippen MR) is 73.1 cm³/mol. The van der Waals surface area contributed by atoms with Gasteiger partial charge in [-0.2, -0.15) is 0 Å². The van der Waals surface area contributed by atoms with Gasteiger partial charge in [-0.3, -0.25) is 0 Å². The summed E-state index contributed by atoms with van der Waals surface area (Å²) in [6.07, 6.45) is 0. The zero-order chi connectivity index (χ0) is 10.3. The Hall–Kier alpha value is -1.10. The molecule has 0 spiro atoms. The largest absolute Gasteiger partial charge is 0.455 e. The Balaban J connectivity index is 2.30. The predicted octanol–water partition coefficient (Wildman–Crippen LogP) is 3.31. The Morgan fingerprint density at radius 3 is 2.67 bits per heavy atom. The highest BCUT2D eigenvalue weighted by Crippen LogP contribution is 2.37. The molecule has 2 nitrogen and oxygen atoms in total. The van der Waals surface area contributed by atoms with Crippen molar-refractivity contribution in [1.29, 1.82) is 0 Å². The van der Waals surface area contributed by atoms with Crippen molar-refractivity contribution in [3.05, 3.63) is 36.4 Å². The number of halogens is 1.